The number of aromatic nitrogens is 1. The molecule has 0 radical (unpaired) electrons. The zero-order valence-corrected chi connectivity index (χ0v) is 9.00. The standard InChI is InChI=1S/C13H13NO2/c1-14-9-5-8-11(14)12(13(15)16)10-6-3-2-4-7-10/h2-9,12H,1H3,(H,15,16). The number of aliphatic carboxylic acids is 1. The third kappa shape index (κ3) is 1.84. The Balaban J connectivity index is 2.48. The van der Waals surface area contributed by atoms with Gasteiger partial charge in [-0.3, -0.25) is 4.79 Å². The molecule has 0 aliphatic rings. The number of nitrogens with zero attached hydrogens (tertiary/aromatic N) is 1. The average Bonchev–Trinajstić information content (AvgIpc) is 2.66. The molecule has 0 bridgehead atoms. The topological polar surface area (TPSA) is 42.2 Å². The molecular weight excluding hydrogens is 202 g/mol. The Bertz CT molecular complexity index is 488. The zero-order valence-electron chi connectivity index (χ0n) is 9.00. The number of carboxylic acid groups (broad SMARTS) is 1. The van der Waals surface area contributed by atoms with Crippen LogP contribution in [-0.4, -0.2) is 15.6 Å². The smallest absolute Gasteiger partial charge is 0.317 e. The molecule has 3 nitrogen and oxygen atoms in total. The number of benzene rings is 1. The molecule has 2 aromatic rings. The van der Waals surface area contributed by atoms with Crippen molar-refractivity contribution in [1.82, 2.24) is 4.57 Å². The summed E-state index contributed by atoms with van der Waals surface area (Å²) in [5.74, 6) is -1.42. The van der Waals surface area contributed by atoms with Gasteiger partial charge in [0.15, 0.2) is 0 Å². The van der Waals surface area contributed by atoms with E-state index in [1.807, 2.05) is 60.3 Å². The van der Waals surface area contributed by atoms with Crippen LogP contribution in [0.25, 0.3) is 0 Å². The Morgan fingerprint density at radius 2 is 1.88 bits per heavy atom. The van der Waals surface area contributed by atoms with Crippen molar-refractivity contribution in [1.29, 1.82) is 0 Å². The van der Waals surface area contributed by atoms with Crippen LogP contribution in [0.3, 0.4) is 0 Å². The first kappa shape index (κ1) is 10.5. The van der Waals surface area contributed by atoms with Crippen molar-refractivity contribution >= 4 is 5.97 Å². The fourth-order valence-corrected chi connectivity index (χ4v) is 1.86. The van der Waals surface area contributed by atoms with Gasteiger partial charge in [0.1, 0.15) is 5.92 Å². The lowest BCUT2D eigenvalue weighted by Crippen LogP contribution is -2.15. The number of hydrogen-bond acceptors (Lipinski definition) is 1. The van der Waals surface area contributed by atoms with E-state index in [0.29, 0.717) is 0 Å². The predicted octanol–water partition coefficient (Wildman–Crippen LogP) is 2.24. The molecule has 1 aromatic heterocycles. The number of carbonyl (C=O) groups is 1. The summed E-state index contributed by atoms with van der Waals surface area (Å²) in [5, 5.41) is 9.31. The Morgan fingerprint density at radius 1 is 1.19 bits per heavy atom. The van der Waals surface area contributed by atoms with Gasteiger partial charge in [0, 0.05) is 18.9 Å². The highest BCUT2D eigenvalue weighted by molar-refractivity contribution is 5.79. The number of rotatable bonds is 3. The largest absolute Gasteiger partial charge is 0.480 e. The van der Waals surface area contributed by atoms with Crippen molar-refractivity contribution in [2.45, 2.75) is 5.92 Å². The molecule has 0 saturated carbocycles. The first-order valence-corrected chi connectivity index (χ1v) is 5.09. The van der Waals surface area contributed by atoms with Gasteiger partial charge in [-0.1, -0.05) is 30.3 Å². The molecule has 3 heteroatoms. The van der Waals surface area contributed by atoms with Crippen molar-refractivity contribution in [2.24, 2.45) is 7.05 Å². The molecule has 16 heavy (non-hydrogen) atoms. The van der Waals surface area contributed by atoms with E-state index in [0.717, 1.165) is 11.3 Å². The molecule has 1 N–H and O–H groups in total. The molecule has 0 amide bonds. The first-order valence-electron chi connectivity index (χ1n) is 5.09. The molecule has 0 aliphatic carbocycles. The van der Waals surface area contributed by atoms with Crippen molar-refractivity contribution in [3.8, 4) is 0 Å². The number of carboxylic acids is 1. The van der Waals surface area contributed by atoms with Crippen molar-refractivity contribution in [3.63, 3.8) is 0 Å². The lowest BCUT2D eigenvalue weighted by Gasteiger charge is -2.13. The highest BCUT2D eigenvalue weighted by Gasteiger charge is 2.23. The van der Waals surface area contributed by atoms with Crippen LogP contribution in [-0.2, 0) is 11.8 Å². The zero-order chi connectivity index (χ0) is 11.5. The third-order valence-electron chi connectivity index (χ3n) is 2.66. The van der Waals surface area contributed by atoms with Gasteiger partial charge >= 0.3 is 5.97 Å². The van der Waals surface area contributed by atoms with Gasteiger partial charge in [-0.15, -0.1) is 0 Å². The van der Waals surface area contributed by atoms with Crippen molar-refractivity contribution in [3.05, 3.63) is 59.9 Å². The minimum absolute atomic E-state index is 0.596. The Kier molecular flexibility index (Phi) is 2.77. The van der Waals surface area contributed by atoms with Crippen LogP contribution in [0.4, 0.5) is 0 Å². The summed E-state index contributed by atoms with van der Waals surface area (Å²) in [6.07, 6.45) is 1.86. The molecule has 0 fully saturated rings. The molecule has 0 aliphatic heterocycles. The third-order valence-corrected chi connectivity index (χ3v) is 2.66. The quantitative estimate of drug-likeness (QED) is 0.853. The van der Waals surface area contributed by atoms with E-state index in [1.165, 1.54) is 0 Å². The number of hydrogen-bond donors (Lipinski definition) is 1. The summed E-state index contributed by atoms with van der Waals surface area (Å²) < 4.78 is 1.84. The van der Waals surface area contributed by atoms with Crippen molar-refractivity contribution < 1.29 is 9.90 Å². The minimum Gasteiger partial charge on any atom is -0.480 e. The maximum atomic E-state index is 11.3. The van der Waals surface area contributed by atoms with E-state index < -0.39 is 11.9 Å². The fraction of sp³-hybridized carbons (Fsp3) is 0.154. The Hall–Kier alpha value is -2.03. The molecule has 1 atom stereocenters. The van der Waals surface area contributed by atoms with Crippen LogP contribution >= 0.6 is 0 Å². The molecule has 82 valence electrons. The van der Waals surface area contributed by atoms with Gasteiger partial charge in [0.2, 0.25) is 0 Å². The number of aryl methyl sites for hydroxylation is 1. The maximum absolute atomic E-state index is 11.3. The minimum atomic E-state index is -0.826. The van der Waals surface area contributed by atoms with Crippen LogP contribution in [0.15, 0.2) is 48.7 Å². The molecule has 0 spiro atoms. The molecule has 0 saturated heterocycles. The second kappa shape index (κ2) is 4.23. The van der Waals surface area contributed by atoms with Crippen molar-refractivity contribution in [2.75, 3.05) is 0 Å². The van der Waals surface area contributed by atoms with Crippen LogP contribution in [0.5, 0.6) is 0 Å². The van der Waals surface area contributed by atoms with Crippen LogP contribution in [0, 0.1) is 0 Å². The highest BCUT2D eigenvalue weighted by Crippen LogP contribution is 2.24. The lowest BCUT2D eigenvalue weighted by molar-refractivity contribution is -0.137. The molecule has 2 rings (SSSR count). The second-order valence-corrected chi connectivity index (χ2v) is 3.73. The molecule has 1 unspecified atom stereocenters. The molecular formula is C13H13NO2. The molecule has 1 aromatic carbocycles. The van der Waals surface area contributed by atoms with Crippen LogP contribution in [0.1, 0.15) is 17.2 Å². The summed E-state index contributed by atoms with van der Waals surface area (Å²) in [4.78, 5) is 11.3. The van der Waals surface area contributed by atoms with Gasteiger partial charge in [-0.2, -0.15) is 0 Å². The van der Waals surface area contributed by atoms with Gasteiger partial charge < -0.3 is 9.67 Å². The van der Waals surface area contributed by atoms with E-state index >= 15 is 0 Å². The normalized spacial score (nSPS) is 12.3. The fourth-order valence-electron chi connectivity index (χ4n) is 1.86. The van der Waals surface area contributed by atoms with E-state index in [1.54, 1.807) is 0 Å². The summed E-state index contributed by atoms with van der Waals surface area (Å²) in [6.45, 7) is 0. The van der Waals surface area contributed by atoms with Gasteiger partial charge in [-0.05, 0) is 17.7 Å². The monoisotopic (exact) mass is 215 g/mol. The summed E-state index contributed by atoms with van der Waals surface area (Å²) in [6, 6.07) is 13.0. The first-order chi connectivity index (χ1) is 7.70. The van der Waals surface area contributed by atoms with Crippen LogP contribution in [0.2, 0.25) is 0 Å². The average molecular weight is 215 g/mol. The van der Waals surface area contributed by atoms with E-state index in [4.69, 9.17) is 0 Å². The highest BCUT2D eigenvalue weighted by atomic mass is 16.4. The van der Waals surface area contributed by atoms with Gasteiger partial charge in [-0.25, -0.2) is 0 Å². The maximum Gasteiger partial charge on any atom is 0.317 e. The van der Waals surface area contributed by atoms with Gasteiger partial charge in [0.25, 0.3) is 0 Å². The SMILES string of the molecule is Cn1cccc1C(C(=O)O)c1ccccc1. The van der Waals surface area contributed by atoms with E-state index in [2.05, 4.69) is 0 Å². The predicted molar refractivity (Wildman–Crippen MR) is 61.3 cm³/mol. The molecule has 1 heterocycles. The lowest BCUT2D eigenvalue weighted by atomic mass is 9.96. The summed E-state index contributed by atoms with van der Waals surface area (Å²) in [7, 11) is 1.86. The van der Waals surface area contributed by atoms with E-state index in [-0.39, 0.29) is 0 Å². The second-order valence-electron chi connectivity index (χ2n) is 3.73. The Morgan fingerprint density at radius 3 is 2.38 bits per heavy atom. The Labute approximate surface area is 94.0 Å². The van der Waals surface area contributed by atoms with Crippen LogP contribution < -0.4 is 0 Å². The summed E-state index contributed by atoms with van der Waals surface area (Å²) in [5.41, 5.74) is 1.59. The van der Waals surface area contributed by atoms with Gasteiger partial charge in [0.05, 0.1) is 0 Å². The van der Waals surface area contributed by atoms with E-state index in [9.17, 15) is 9.90 Å². The summed E-state index contributed by atoms with van der Waals surface area (Å²) >= 11 is 0.